The molecular weight excluding hydrogens is 523 g/mol. The Morgan fingerprint density at radius 3 is 2.41 bits per heavy atom. The van der Waals surface area contributed by atoms with Crippen LogP contribution in [0.25, 0.3) is 20.7 Å². The number of hydrogen-bond donors (Lipinski definition) is 1. The van der Waals surface area contributed by atoms with E-state index in [1.54, 1.807) is 17.7 Å². The fourth-order valence-corrected chi connectivity index (χ4v) is 6.36. The predicted molar refractivity (Wildman–Crippen MR) is 164 cm³/mol. The number of benzene rings is 2. The van der Waals surface area contributed by atoms with E-state index in [1.165, 1.54) is 0 Å². The van der Waals surface area contributed by atoms with E-state index in [0.29, 0.717) is 0 Å². The summed E-state index contributed by atoms with van der Waals surface area (Å²) in [5, 5.41) is 3.60. The van der Waals surface area contributed by atoms with Gasteiger partial charge in [-0.1, -0.05) is 39.0 Å². The molecule has 39 heavy (non-hydrogen) atoms. The number of aromatic nitrogens is 2. The minimum absolute atomic E-state index is 0.100. The van der Waals surface area contributed by atoms with Crippen molar-refractivity contribution in [2.45, 2.75) is 38.9 Å². The van der Waals surface area contributed by atoms with Gasteiger partial charge < -0.3 is 19.5 Å². The number of rotatable bonds is 6. The van der Waals surface area contributed by atoms with Gasteiger partial charge in [0.05, 0.1) is 10.2 Å². The number of anilines is 2. The molecule has 1 amide bonds. The molecule has 0 atom stereocenters. The second kappa shape index (κ2) is 10.7. The largest absolute Gasteiger partial charge is 0.543 e. The van der Waals surface area contributed by atoms with Crippen molar-refractivity contribution in [1.29, 1.82) is 0 Å². The zero-order chi connectivity index (χ0) is 27.8. The number of fused-ring (bicyclic) bond motifs is 1. The van der Waals surface area contributed by atoms with Crippen LogP contribution in [0.15, 0.2) is 60.9 Å². The second-order valence-electron chi connectivity index (χ2n) is 11.7. The van der Waals surface area contributed by atoms with Crippen LogP contribution >= 0.6 is 11.3 Å². The van der Waals surface area contributed by atoms with Gasteiger partial charge in [0.15, 0.2) is 5.82 Å². The normalized spacial score (nSPS) is 15.0. The van der Waals surface area contributed by atoms with Gasteiger partial charge in [0.1, 0.15) is 12.1 Å². The van der Waals surface area contributed by atoms with Gasteiger partial charge in [0.2, 0.25) is 8.32 Å². The number of hydrogen-bond acceptors (Lipinski definition) is 7. The van der Waals surface area contributed by atoms with Gasteiger partial charge in [-0.15, -0.1) is 11.3 Å². The fraction of sp³-hybridized carbons (Fsp3) is 0.367. The highest BCUT2D eigenvalue weighted by molar-refractivity contribution is 7.22. The molecule has 0 unspecified atom stereocenters. The summed E-state index contributed by atoms with van der Waals surface area (Å²) in [7, 11) is 0.152. The fourth-order valence-electron chi connectivity index (χ4n) is 4.28. The Kier molecular flexibility index (Phi) is 7.50. The number of carbonyl (C=O) groups is 1. The van der Waals surface area contributed by atoms with E-state index in [0.717, 1.165) is 69.7 Å². The van der Waals surface area contributed by atoms with Crippen LogP contribution in [0.5, 0.6) is 5.75 Å². The molecule has 1 N–H and O–H groups in total. The van der Waals surface area contributed by atoms with Crippen LogP contribution < -0.4 is 9.74 Å². The van der Waals surface area contributed by atoms with E-state index >= 15 is 0 Å². The van der Waals surface area contributed by atoms with Crippen molar-refractivity contribution in [1.82, 2.24) is 19.8 Å². The Morgan fingerprint density at radius 1 is 1.00 bits per heavy atom. The maximum Gasteiger partial charge on any atom is 0.253 e. The van der Waals surface area contributed by atoms with Crippen LogP contribution in [0.2, 0.25) is 18.1 Å². The monoisotopic (exact) mass is 559 g/mol. The first-order valence-corrected chi connectivity index (χ1v) is 17.1. The zero-order valence-electron chi connectivity index (χ0n) is 23.6. The zero-order valence-corrected chi connectivity index (χ0v) is 25.4. The highest BCUT2D eigenvalue weighted by Crippen LogP contribution is 2.39. The number of piperazine rings is 1. The molecule has 0 saturated carbocycles. The molecule has 1 aliphatic rings. The van der Waals surface area contributed by atoms with Gasteiger partial charge in [-0.3, -0.25) is 4.79 Å². The van der Waals surface area contributed by atoms with Crippen molar-refractivity contribution in [3.63, 3.8) is 0 Å². The molecular formula is C30H37N5O2SSi. The molecule has 0 radical (unpaired) electrons. The number of likely N-dealkylation sites (N-methyl/N-ethyl adjacent to an activating group) is 1. The highest BCUT2D eigenvalue weighted by atomic mass is 32.1. The summed E-state index contributed by atoms with van der Waals surface area (Å²) >= 11 is 1.64. The predicted octanol–water partition coefficient (Wildman–Crippen LogP) is 6.87. The van der Waals surface area contributed by atoms with Gasteiger partial charge >= 0.3 is 0 Å². The van der Waals surface area contributed by atoms with Crippen LogP contribution in [-0.2, 0) is 0 Å². The smallest absolute Gasteiger partial charge is 0.253 e. The summed E-state index contributed by atoms with van der Waals surface area (Å²) in [6, 6.07) is 18.1. The molecule has 0 spiro atoms. The third-order valence-electron chi connectivity index (χ3n) is 7.79. The van der Waals surface area contributed by atoms with E-state index in [9.17, 15) is 4.79 Å². The molecule has 2 aromatic carbocycles. The molecule has 4 aromatic rings. The molecule has 204 valence electrons. The second-order valence-corrected chi connectivity index (χ2v) is 17.5. The first-order valence-electron chi connectivity index (χ1n) is 13.4. The van der Waals surface area contributed by atoms with Gasteiger partial charge in [0, 0.05) is 48.4 Å². The van der Waals surface area contributed by atoms with Gasteiger partial charge in [-0.2, -0.15) is 0 Å². The molecule has 7 nitrogen and oxygen atoms in total. The number of thiophene rings is 1. The Balaban J connectivity index is 1.34. The maximum atomic E-state index is 12.9. The lowest BCUT2D eigenvalue weighted by molar-refractivity contribution is 0.0664. The van der Waals surface area contributed by atoms with Crippen molar-refractivity contribution in [3.05, 3.63) is 66.5 Å². The van der Waals surface area contributed by atoms with Crippen LogP contribution in [0.1, 0.15) is 31.1 Å². The molecule has 1 fully saturated rings. The quantitative estimate of drug-likeness (QED) is 0.260. The summed E-state index contributed by atoms with van der Waals surface area (Å²) in [5.74, 6) is 1.74. The third-order valence-corrected chi connectivity index (χ3v) is 13.3. The molecule has 1 saturated heterocycles. The first-order chi connectivity index (χ1) is 18.5. The van der Waals surface area contributed by atoms with E-state index in [2.05, 4.69) is 67.2 Å². The van der Waals surface area contributed by atoms with Crippen molar-refractivity contribution in [3.8, 4) is 16.2 Å². The summed E-state index contributed by atoms with van der Waals surface area (Å²) in [6.45, 7) is 14.6. The van der Waals surface area contributed by atoms with Crippen molar-refractivity contribution < 1.29 is 9.22 Å². The van der Waals surface area contributed by atoms with Crippen molar-refractivity contribution in [2.75, 3.05) is 38.5 Å². The van der Waals surface area contributed by atoms with Gasteiger partial charge in [-0.05, 0) is 61.1 Å². The molecule has 0 aliphatic carbocycles. The Labute approximate surface area is 236 Å². The molecule has 0 bridgehead atoms. The summed E-state index contributed by atoms with van der Waals surface area (Å²) < 4.78 is 7.49. The topological polar surface area (TPSA) is 70.6 Å². The molecule has 1 aliphatic heterocycles. The highest BCUT2D eigenvalue weighted by Gasteiger charge is 2.39. The molecule has 3 heterocycles. The van der Waals surface area contributed by atoms with Gasteiger partial charge in [0.25, 0.3) is 5.91 Å². The van der Waals surface area contributed by atoms with E-state index in [1.807, 2.05) is 53.4 Å². The molecule has 2 aromatic heterocycles. The summed E-state index contributed by atoms with van der Waals surface area (Å²) in [4.78, 5) is 27.3. The minimum Gasteiger partial charge on any atom is -0.543 e. The average molecular weight is 560 g/mol. The average Bonchev–Trinajstić information content (AvgIpc) is 3.34. The lowest BCUT2D eigenvalue weighted by Crippen LogP contribution is -2.47. The van der Waals surface area contributed by atoms with E-state index in [4.69, 9.17) is 4.43 Å². The summed E-state index contributed by atoms with van der Waals surface area (Å²) in [5.41, 5.74) is 3.60. The lowest BCUT2D eigenvalue weighted by Gasteiger charge is -2.36. The van der Waals surface area contributed by atoms with Crippen molar-refractivity contribution >= 4 is 47.3 Å². The maximum absolute atomic E-state index is 12.9. The van der Waals surface area contributed by atoms with Crippen molar-refractivity contribution in [2.24, 2.45) is 0 Å². The van der Waals surface area contributed by atoms with Crippen LogP contribution in [-0.4, -0.2) is 67.2 Å². The number of nitrogens with zero attached hydrogens (tertiary/aromatic N) is 4. The number of amides is 1. The Morgan fingerprint density at radius 2 is 1.72 bits per heavy atom. The van der Waals surface area contributed by atoms with Crippen LogP contribution in [0.4, 0.5) is 11.5 Å². The van der Waals surface area contributed by atoms with Crippen LogP contribution in [0, 0.1) is 0 Å². The first kappa shape index (κ1) is 27.3. The third kappa shape index (κ3) is 6.00. The summed E-state index contributed by atoms with van der Waals surface area (Å²) in [6.07, 6.45) is 1.59. The van der Waals surface area contributed by atoms with E-state index in [-0.39, 0.29) is 10.9 Å². The molecule has 9 heteroatoms. The Bertz CT molecular complexity index is 1470. The SMILES string of the molecule is CN1CCN(C(=O)c2ccc(-c3cc4ncnc(Nc5cccc(O[Si](C)(C)C(C)(C)C)c5)c4s3)cc2)CC1. The van der Waals surface area contributed by atoms with E-state index < -0.39 is 8.32 Å². The lowest BCUT2D eigenvalue weighted by atomic mass is 10.1. The standard InChI is InChI=1S/C30H37N5O2SSi/c1-30(2,3)39(5,6)37-24-9-7-8-23(18-24)33-28-27-25(31-20-32-28)19-26(38-27)21-10-12-22(13-11-21)29(36)35-16-14-34(4)15-17-35/h7-13,18-20H,14-17H2,1-6H3,(H,31,32,33). The molecule has 5 rings (SSSR count). The Hall–Kier alpha value is -3.27. The van der Waals surface area contributed by atoms with Gasteiger partial charge in [-0.25, -0.2) is 9.97 Å². The van der Waals surface area contributed by atoms with Crippen LogP contribution in [0.3, 0.4) is 0 Å². The number of carbonyl (C=O) groups excluding carboxylic acids is 1. The minimum atomic E-state index is -1.94. The number of nitrogens with one attached hydrogen (secondary N) is 1.